The van der Waals surface area contributed by atoms with E-state index in [0.717, 1.165) is 38.8 Å². The molecule has 0 aromatic carbocycles. The normalized spacial score (nSPS) is 22.9. The van der Waals surface area contributed by atoms with E-state index in [9.17, 15) is 4.79 Å². The number of hydrogen-bond donors (Lipinski definition) is 1. The summed E-state index contributed by atoms with van der Waals surface area (Å²) in [7, 11) is 0. The fourth-order valence-electron chi connectivity index (χ4n) is 1.79. The molecular weight excluding hydrogens is 178 g/mol. The van der Waals surface area contributed by atoms with Crippen LogP contribution in [0.4, 0.5) is 0 Å². The largest absolute Gasteiger partial charge is 0.353 e. The summed E-state index contributed by atoms with van der Waals surface area (Å²) in [6.45, 7) is 1.57. The van der Waals surface area contributed by atoms with E-state index in [1.54, 1.807) is 4.90 Å². The third kappa shape index (κ3) is 2.16. The average Bonchev–Trinajstić information content (AvgIpc) is 3.02. The van der Waals surface area contributed by atoms with Crippen molar-refractivity contribution in [2.45, 2.75) is 31.7 Å². The number of carbonyl (C=O) groups is 1. The van der Waals surface area contributed by atoms with Crippen LogP contribution in [-0.2, 0) is 4.79 Å². The van der Waals surface area contributed by atoms with Crippen LogP contribution in [-0.4, -0.2) is 29.9 Å². The fourth-order valence-corrected chi connectivity index (χ4v) is 1.79. The standard InChI is InChI=1S/C10H15N3O/c11-7-13-5-3-9(4-6-13)12-10(14)8-1-2-8/h8-9H,1-6H2,(H,12,14). The number of likely N-dealkylation sites (tertiary alicyclic amines) is 1. The Labute approximate surface area is 83.9 Å². The van der Waals surface area contributed by atoms with Gasteiger partial charge in [-0.25, -0.2) is 0 Å². The van der Waals surface area contributed by atoms with E-state index >= 15 is 0 Å². The minimum absolute atomic E-state index is 0.223. The Kier molecular flexibility index (Phi) is 2.58. The molecule has 0 atom stereocenters. The first kappa shape index (κ1) is 9.32. The maximum absolute atomic E-state index is 11.4. The van der Waals surface area contributed by atoms with Gasteiger partial charge in [0.15, 0.2) is 6.19 Å². The molecule has 4 nitrogen and oxygen atoms in total. The van der Waals surface area contributed by atoms with Crippen molar-refractivity contribution in [1.82, 2.24) is 10.2 Å². The quantitative estimate of drug-likeness (QED) is 0.648. The molecule has 2 fully saturated rings. The maximum atomic E-state index is 11.4. The van der Waals surface area contributed by atoms with Crippen LogP contribution in [0.2, 0.25) is 0 Å². The Balaban J connectivity index is 1.73. The smallest absolute Gasteiger partial charge is 0.223 e. The van der Waals surface area contributed by atoms with Crippen molar-refractivity contribution in [2.75, 3.05) is 13.1 Å². The lowest BCUT2D eigenvalue weighted by molar-refractivity contribution is -0.123. The molecule has 1 heterocycles. The summed E-state index contributed by atoms with van der Waals surface area (Å²) in [5, 5.41) is 11.7. The number of rotatable bonds is 2. The molecule has 76 valence electrons. The summed E-state index contributed by atoms with van der Waals surface area (Å²) < 4.78 is 0. The highest BCUT2D eigenvalue weighted by Gasteiger charge is 2.31. The SMILES string of the molecule is N#CN1CCC(NC(=O)C2CC2)CC1. The molecule has 0 bridgehead atoms. The first-order valence-electron chi connectivity index (χ1n) is 5.24. The number of nitrogens with zero attached hydrogens (tertiary/aromatic N) is 2. The van der Waals surface area contributed by atoms with Gasteiger partial charge in [-0.2, -0.15) is 5.26 Å². The molecule has 2 rings (SSSR count). The van der Waals surface area contributed by atoms with Crippen molar-refractivity contribution in [1.29, 1.82) is 5.26 Å². The molecular formula is C10H15N3O. The molecule has 1 aliphatic heterocycles. The van der Waals surface area contributed by atoms with E-state index in [0.29, 0.717) is 12.0 Å². The van der Waals surface area contributed by atoms with Gasteiger partial charge in [-0.15, -0.1) is 0 Å². The van der Waals surface area contributed by atoms with Gasteiger partial charge in [0.25, 0.3) is 0 Å². The average molecular weight is 193 g/mol. The number of nitrogens with one attached hydrogen (secondary N) is 1. The minimum atomic E-state index is 0.223. The van der Waals surface area contributed by atoms with Crippen molar-refractivity contribution in [3.05, 3.63) is 0 Å². The second-order valence-electron chi connectivity index (χ2n) is 4.14. The number of amides is 1. The summed E-state index contributed by atoms with van der Waals surface area (Å²) >= 11 is 0. The number of nitriles is 1. The van der Waals surface area contributed by atoms with Gasteiger partial charge in [-0.3, -0.25) is 4.79 Å². The third-order valence-corrected chi connectivity index (χ3v) is 2.93. The molecule has 1 saturated heterocycles. The van der Waals surface area contributed by atoms with Crippen LogP contribution in [0.3, 0.4) is 0 Å². The molecule has 0 radical (unpaired) electrons. The van der Waals surface area contributed by atoms with Gasteiger partial charge in [0.1, 0.15) is 0 Å². The number of carbonyl (C=O) groups excluding carboxylic acids is 1. The molecule has 14 heavy (non-hydrogen) atoms. The highest BCUT2D eigenvalue weighted by Crippen LogP contribution is 2.29. The summed E-state index contributed by atoms with van der Waals surface area (Å²) in [5.74, 6) is 0.518. The summed E-state index contributed by atoms with van der Waals surface area (Å²) in [6, 6.07) is 0.299. The van der Waals surface area contributed by atoms with Gasteiger partial charge >= 0.3 is 0 Å². The zero-order valence-electron chi connectivity index (χ0n) is 8.20. The Morgan fingerprint density at radius 2 is 1.93 bits per heavy atom. The van der Waals surface area contributed by atoms with E-state index in [4.69, 9.17) is 5.26 Å². The molecule has 0 aromatic heterocycles. The third-order valence-electron chi connectivity index (χ3n) is 2.93. The summed E-state index contributed by atoms with van der Waals surface area (Å²) in [5.41, 5.74) is 0. The lowest BCUT2D eigenvalue weighted by atomic mass is 10.1. The van der Waals surface area contributed by atoms with Crippen LogP contribution in [0.5, 0.6) is 0 Å². The van der Waals surface area contributed by atoms with Gasteiger partial charge in [-0.1, -0.05) is 0 Å². The topological polar surface area (TPSA) is 56.1 Å². The zero-order valence-corrected chi connectivity index (χ0v) is 8.20. The monoisotopic (exact) mass is 193 g/mol. The van der Waals surface area contributed by atoms with E-state index in [1.807, 2.05) is 0 Å². The molecule has 0 spiro atoms. The lowest BCUT2D eigenvalue weighted by Crippen LogP contribution is -2.43. The minimum Gasteiger partial charge on any atom is -0.353 e. The number of piperidine rings is 1. The zero-order chi connectivity index (χ0) is 9.97. The van der Waals surface area contributed by atoms with Crippen LogP contribution >= 0.6 is 0 Å². The number of hydrogen-bond acceptors (Lipinski definition) is 3. The van der Waals surface area contributed by atoms with Crippen LogP contribution in [0.15, 0.2) is 0 Å². The molecule has 1 saturated carbocycles. The van der Waals surface area contributed by atoms with Crippen LogP contribution < -0.4 is 5.32 Å². The molecule has 0 unspecified atom stereocenters. The van der Waals surface area contributed by atoms with Crippen molar-refractivity contribution < 1.29 is 4.79 Å². The maximum Gasteiger partial charge on any atom is 0.223 e. The highest BCUT2D eigenvalue weighted by molar-refractivity contribution is 5.81. The van der Waals surface area contributed by atoms with Crippen molar-refractivity contribution in [3.63, 3.8) is 0 Å². The molecule has 1 amide bonds. The Bertz CT molecular complexity index is 259. The molecule has 2 aliphatic rings. The predicted octanol–water partition coefficient (Wildman–Crippen LogP) is 0.458. The van der Waals surface area contributed by atoms with Gasteiger partial charge in [0, 0.05) is 25.0 Å². The summed E-state index contributed by atoms with van der Waals surface area (Å²) in [6.07, 6.45) is 6.07. The molecule has 4 heteroatoms. The van der Waals surface area contributed by atoms with Gasteiger partial charge in [0.05, 0.1) is 0 Å². The fraction of sp³-hybridized carbons (Fsp3) is 0.800. The highest BCUT2D eigenvalue weighted by atomic mass is 16.2. The van der Waals surface area contributed by atoms with Crippen LogP contribution in [0.25, 0.3) is 0 Å². The van der Waals surface area contributed by atoms with Gasteiger partial charge in [0.2, 0.25) is 5.91 Å². The Hall–Kier alpha value is -1.24. The van der Waals surface area contributed by atoms with E-state index in [-0.39, 0.29) is 5.91 Å². The van der Waals surface area contributed by atoms with Crippen molar-refractivity contribution in [2.24, 2.45) is 5.92 Å². The first-order chi connectivity index (χ1) is 6.79. The van der Waals surface area contributed by atoms with E-state index in [2.05, 4.69) is 11.5 Å². The molecule has 1 aliphatic carbocycles. The van der Waals surface area contributed by atoms with Crippen LogP contribution in [0.1, 0.15) is 25.7 Å². The van der Waals surface area contributed by atoms with Crippen molar-refractivity contribution in [3.8, 4) is 6.19 Å². The van der Waals surface area contributed by atoms with Gasteiger partial charge < -0.3 is 10.2 Å². The van der Waals surface area contributed by atoms with Gasteiger partial charge in [-0.05, 0) is 25.7 Å². The first-order valence-corrected chi connectivity index (χ1v) is 5.24. The lowest BCUT2D eigenvalue weighted by Gasteiger charge is -2.28. The Morgan fingerprint density at radius 3 is 2.43 bits per heavy atom. The summed E-state index contributed by atoms with van der Waals surface area (Å²) in [4.78, 5) is 13.2. The second-order valence-corrected chi connectivity index (χ2v) is 4.14. The van der Waals surface area contributed by atoms with E-state index in [1.165, 1.54) is 0 Å². The molecule has 1 N–H and O–H groups in total. The Morgan fingerprint density at radius 1 is 1.29 bits per heavy atom. The second kappa shape index (κ2) is 3.87. The van der Waals surface area contributed by atoms with Crippen molar-refractivity contribution >= 4 is 5.91 Å². The van der Waals surface area contributed by atoms with Crippen LogP contribution in [0, 0.1) is 17.4 Å². The predicted molar refractivity (Wildman–Crippen MR) is 51.1 cm³/mol. The van der Waals surface area contributed by atoms with E-state index < -0.39 is 0 Å². The molecule has 0 aromatic rings.